The molecule has 0 radical (unpaired) electrons. The molecule has 2 aliphatic rings. The van der Waals surface area contributed by atoms with Crippen LogP contribution in [0.2, 0.25) is 0 Å². The fourth-order valence-electron chi connectivity index (χ4n) is 2.48. The first-order chi connectivity index (χ1) is 6.45. The summed E-state index contributed by atoms with van der Waals surface area (Å²) in [6, 6.07) is 0. The van der Waals surface area contributed by atoms with Crippen LogP contribution >= 0.6 is 12.4 Å². The van der Waals surface area contributed by atoms with Crippen LogP contribution in [0, 0.1) is 0 Å². The second-order valence-electron chi connectivity index (χ2n) is 4.50. The number of rotatable bonds is 2. The van der Waals surface area contributed by atoms with E-state index < -0.39 is 0 Å². The lowest BCUT2D eigenvalue weighted by molar-refractivity contribution is 0.0979. The first kappa shape index (κ1) is 12.3. The van der Waals surface area contributed by atoms with Crippen molar-refractivity contribution >= 4 is 12.4 Å². The van der Waals surface area contributed by atoms with E-state index in [0.29, 0.717) is 0 Å². The molecule has 2 aliphatic heterocycles. The lowest BCUT2D eigenvalue weighted by atomic mass is 10.1. The third kappa shape index (κ3) is 3.76. The molecule has 2 rings (SSSR count). The molecule has 0 aliphatic carbocycles. The van der Waals surface area contributed by atoms with Gasteiger partial charge in [-0.2, -0.15) is 0 Å². The maximum atomic E-state index is 2.63. The molecule has 14 heavy (non-hydrogen) atoms. The molecule has 84 valence electrons. The molecule has 0 N–H and O–H groups in total. The molecule has 2 saturated heterocycles. The summed E-state index contributed by atoms with van der Waals surface area (Å²) < 4.78 is 0. The van der Waals surface area contributed by atoms with E-state index in [0.717, 1.165) is 0 Å². The minimum absolute atomic E-state index is 0. The van der Waals surface area contributed by atoms with E-state index in [1.165, 1.54) is 71.4 Å². The number of nitrogens with zero attached hydrogens (tertiary/aromatic N) is 2. The highest BCUT2D eigenvalue weighted by molar-refractivity contribution is 5.85. The van der Waals surface area contributed by atoms with Crippen molar-refractivity contribution in [3.63, 3.8) is 0 Å². The van der Waals surface area contributed by atoms with Gasteiger partial charge in [-0.25, -0.2) is 0 Å². The molecule has 2 heterocycles. The Hall–Kier alpha value is 0.210. The number of halogens is 1. The summed E-state index contributed by atoms with van der Waals surface area (Å²) in [5.41, 5.74) is 0. The lowest BCUT2D eigenvalue weighted by Crippen LogP contribution is -2.42. The number of hydrogen-bond donors (Lipinski definition) is 0. The summed E-state index contributed by atoms with van der Waals surface area (Å²) in [6.45, 7) is 6.62. The van der Waals surface area contributed by atoms with Crippen LogP contribution in [0.5, 0.6) is 0 Å². The van der Waals surface area contributed by atoms with Gasteiger partial charge in [0.1, 0.15) is 0 Å². The summed E-state index contributed by atoms with van der Waals surface area (Å²) in [5.74, 6) is 0. The van der Waals surface area contributed by atoms with Crippen LogP contribution in [0.1, 0.15) is 38.5 Å². The monoisotopic (exact) mass is 218 g/mol. The third-order valence-electron chi connectivity index (χ3n) is 3.30. The van der Waals surface area contributed by atoms with Crippen molar-refractivity contribution in [2.24, 2.45) is 0 Å². The molecule has 0 unspecified atom stereocenters. The van der Waals surface area contributed by atoms with E-state index in [1.54, 1.807) is 0 Å². The third-order valence-corrected chi connectivity index (χ3v) is 3.30. The van der Waals surface area contributed by atoms with Crippen molar-refractivity contribution in [2.45, 2.75) is 38.5 Å². The van der Waals surface area contributed by atoms with Crippen molar-refractivity contribution in [2.75, 3.05) is 32.8 Å². The molecule has 0 atom stereocenters. The van der Waals surface area contributed by atoms with E-state index in [1.807, 2.05) is 0 Å². The smallest absolute Gasteiger partial charge is 0.0506 e. The fourth-order valence-corrected chi connectivity index (χ4v) is 2.48. The van der Waals surface area contributed by atoms with E-state index in [-0.39, 0.29) is 12.4 Å². The second kappa shape index (κ2) is 6.65. The van der Waals surface area contributed by atoms with Crippen molar-refractivity contribution in [3.05, 3.63) is 0 Å². The first-order valence-electron chi connectivity index (χ1n) is 5.90. The highest BCUT2D eigenvalue weighted by Gasteiger charge is 2.15. The molecule has 0 saturated carbocycles. The van der Waals surface area contributed by atoms with Crippen molar-refractivity contribution < 1.29 is 0 Å². The van der Waals surface area contributed by atoms with Crippen LogP contribution in [0.3, 0.4) is 0 Å². The number of hydrogen-bond acceptors (Lipinski definition) is 2. The molecule has 0 aromatic heterocycles. The van der Waals surface area contributed by atoms with Gasteiger partial charge < -0.3 is 0 Å². The van der Waals surface area contributed by atoms with Gasteiger partial charge in [0.05, 0.1) is 6.67 Å². The topological polar surface area (TPSA) is 6.48 Å². The van der Waals surface area contributed by atoms with E-state index in [4.69, 9.17) is 0 Å². The van der Waals surface area contributed by atoms with E-state index >= 15 is 0 Å². The minimum atomic E-state index is 0. The Morgan fingerprint density at radius 3 is 1.29 bits per heavy atom. The summed E-state index contributed by atoms with van der Waals surface area (Å²) >= 11 is 0. The summed E-state index contributed by atoms with van der Waals surface area (Å²) in [4.78, 5) is 5.27. The van der Waals surface area contributed by atoms with E-state index in [2.05, 4.69) is 9.80 Å². The minimum Gasteiger partial charge on any atom is -0.290 e. The van der Waals surface area contributed by atoms with Gasteiger partial charge in [0.2, 0.25) is 0 Å². The Labute approximate surface area is 94.0 Å². The Morgan fingerprint density at radius 1 is 0.571 bits per heavy atom. The second-order valence-corrected chi connectivity index (χ2v) is 4.50. The van der Waals surface area contributed by atoms with Crippen molar-refractivity contribution in [1.82, 2.24) is 9.80 Å². The molecular weight excluding hydrogens is 196 g/mol. The molecule has 0 bridgehead atoms. The van der Waals surface area contributed by atoms with Crippen molar-refractivity contribution in [1.29, 1.82) is 0 Å². The highest BCUT2D eigenvalue weighted by atomic mass is 35.5. The SMILES string of the molecule is C1CCN(CN2CCCCC2)CC1.Cl. The zero-order chi connectivity index (χ0) is 8.93. The summed E-state index contributed by atoms with van der Waals surface area (Å²) in [5, 5.41) is 0. The fraction of sp³-hybridized carbons (Fsp3) is 1.00. The van der Waals surface area contributed by atoms with Gasteiger partial charge >= 0.3 is 0 Å². The van der Waals surface area contributed by atoms with Crippen molar-refractivity contribution in [3.8, 4) is 0 Å². The molecule has 0 aromatic rings. The van der Waals surface area contributed by atoms with Gasteiger partial charge in [-0.3, -0.25) is 9.80 Å². The average molecular weight is 219 g/mol. The average Bonchev–Trinajstić information content (AvgIpc) is 2.21. The van der Waals surface area contributed by atoms with Gasteiger partial charge in [-0.1, -0.05) is 12.8 Å². The quantitative estimate of drug-likeness (QED) is 0.702. The predicted octanol–water partition coefficient (Wildman–Crippen LogP) is 2.34. The van der Waals surface area contributed by atoms with Gasteiger partial charge in [0, 0.05) is 0 Å². The van der Waals surface area contributed by atoms with Gasteiger partial charge in [0.15, 0.2) is 0 Å². The van der Waals surface area contributed by atoms with E-state index in [9.17, 15) is 0 Å². The largest absolute Gasteiger partial charge is 0.290 e. The molecule has 0 amide bonds. The highest BCUT2D eigenvalue weighted by Crippen LogP contribution is 2.12. The predicted molar refractivity (Wildman–Crippen MR) is 63.0 cm³/mol. The molecule has 0 spiro atoms. The molecule has 3 heteroatoms. The zero-order valence-electron chi connectivity index (χ0n) is 9.08. The Morgan fingerprint density at radius 2 is 0.929 bits per heavy atom. The molecule has 2 nitrogen and oxygen atoms in total. The molecular formula is C11H23ClN2. The Bertz CT molecular complexity index is 124. The summed E-state index contributed by atoms with van der Waals surface area (Å²) in [6.07, 6.45) is 8.61. The lowest BCUT2D eigenvalue weighted by Gasteiger charge is -2.34. The number of likely N-dealkylation sites (tertiary alicyclic amines) is 2. The van der Waals surface area contributed by atoms with Gasteiger partial charge in [-0.05, 0) is 51.9 Å². The van der Waals surface area contributed by atoms with Gasteiger partial charge in [-0.15, -0.1) is 12.4 Å². The maximum absolute atomic E-state index is 2.63. The van der Waals surface area contributed by atoms with Crippen LogP contribution < -0.4 is 0 Å². The van der Waals surface area contributed by atoms with Gasteiger partial charge in [0.25, 0.3) is 0 Å². The number of piperidine rings is 2. The first-order valence-corrected chi connectivity index (χ1v) is 5.90. The molecule has 2 fully saturated rings. The van der Waals surface area contributed by atoms with Crippen LogP contribution in [-0.4, -0.2) is 42.6 Å². The summed E-state index contributed by atoms with van der Waals surface area (Å²) in [7, 11) is 0. The van der Waals surface area contributed by atoms with Crippen LogP contribution in [0.25, 0.3) is 0 Å². The Kier molecular flexibility index (Phi) is 5.83. The maximum Gasteiger partial charge on any atom is 0.0506 e. The molecule has 0 aromatic carbocycles. The van der Waals surface area contributed by atoms with Crippen LogP contribution in [0.4, 0.5) is 0 Å². The standard InChI is InChI=1S/C11H22N2.ClH/c1-3-7-12(8-4-1)11-13-9-5-2-6-10-13;/h1-11H2;1H. The van der Waals surface area contributed by atoms with Crippen LogP contribution in [-0.2, 0) is 0 Å². The zero-order valence-corrected chi connectivity index (χ0v) is 9.90. The van der Waals surface area contributed by atoms with Crippen LogP contribution in [0.15, 0.2) is 0 Å². The normalized spacial score (nSPS) is 25.7. The Balaban J connectivity index is 0.000000980.